The molecule has 0 bridgehead atoms. The van der Waals surface area contributed by atoms with Gasteiger partial charge in [0, 0.05) is 32.3 Å². The highest BCUT2D eigenvalue weighted by Gasteiger charge is 2.88. The first-order chi connectivity index (χ1) is 25.7. The lowest BCUT2D eigenvalue weighted by Crippen LogP contribution is -2.65. The van der Waals surface area contributed by atoms with E-state index in [1.807, 2.05) is 0 Å². The average molecular weight is 891 g/mol. The molecule has 4 aromatic rings. The van der Waals surface area contributed by atoms with Crippen molar-refractivity contribution in [3.63, 3.8) is 0 Å². The highest BCUT2D eigenvalue weighted by atomic mass is 35.5. The number of halogens is 22. The van der Waals surface area contributed by atoms with Gasteiger partial charge in [-0.25, -0.2) is 0 Å². The number of hydrogen-bond acceptors (Lipinski definition) is 1. The Bertz CT molecular complexity index is 1880. The third kappa shape index (κ3) is 6.98. The monoisotopic (exact) mass is 890 g/mol. The fourth-order valence-electron chi connectivity index (χ4n) is 4.83. The maximum atomic E-state index is 14.8. The van der Waals surface area contributed by atoms with Gasteiger partial charge in [0.05, 0.1) is 0 Å². The summed E-state index contributed by atoms with van der Waals surface area (Å²) in [5.41, 5.74) is -8.42. The van der Waals surface area contributed by atoms with Crippen LogP contribution in [-0.2, 0) is 23.7 Å². The van der Waals surface area contributed by atoms with Gasteiger partial charge >= 0.3 is 59.2 Å². The zero-order valence-corrected chi connectivity index (χ0v) is 28.5. The van der Waals surface area contributed by atoms with Gasteiger partial charge in [0.15, 0.2) is 0 Å². The average Bonchev–Trinajstić information content (AvgIpc) is 3.11. The van der Waals surface area contributed by atoms with Crippen molar-refractivity contribution in [2.75, 3.05) is 0 Å². The molecule has 4 aromatic carbocycles. The third-order valence-corrected chi connectivity index (χ3v) is 8.74. The van der Waals surface area contributed by atoms with Crippen molar-refractivity contribution < 1.29 is 92.5 Å². The summed E-state index contributed by atoms with van der Waals surface area (Å²) in [7, 11) is 0. The Labute approximate surface area is 315 Å². The molecule has 0 atom stereocenters. The normalized spacial score (nSPS) is 14.5. The Balaban J connectivity index is 1.56. The van der Waals surface area contributed by atoms with Crippen molar-refractivity contribution in [1.82, 2.24) is 0 Å². The minimum atomic E-state index is -7.49. The van der Waals surface area contributed by atoms with E-state index in [0.29, 0.717) is 24.3 Å². The zero-order valence-electron chi connectivity index (χ0n) is 27.0. The minimum absolute atomic E-state index is 0.0462. The maximum Gasteiger partial charge on any atom is 0.385 e. The Morgan fingerprint density at radius 1 is 0.263 bits per heavy atom. The molecule has 0 saturated carbocycles. The van der Waals surface area contributed by atoms with Crippen molar-refractivity contribution in [3.8, 4) is 11.5 Å². The van der Waals surface area contributed by atoms with Gasteiger partial charge in [0.25, 0.3) is 0 Å². The van der Waals surface area contributed by atoms with E-state index >= 15 is 0 Å². The molecule has 23 heteroatoms. The van der Waals surface area contributed by atoms with Gasteiger partial charge in [-0.05, 0) is 72.8 Å². The molecular weight excluding hydrogens is 875 g/mol. The Morgan fingerprint density at radius 3 is 0.632 bits per heavy atom. The largest absolute Gasteiger partial charge is 0.457 e. The summed E-state index contributed by atoms with van der Waals surface area (Å²) in [4.78, 5) is 0. The summed E-state index contributed by atoms with van der Waals surface area (Å²) < 4.78 is 296. The molecule has 0 saturated heterocycles. The van der Waals surface area contributed by atoms with Crippen LogP contribution in [0.4, 0.5) is 87.8 Å². The van der Waals surface area contributed by atoms with Gasteiger partial charge < -0.3 is 4.74 Å². The smallest absolute Gasteiger partial charge is 0.385 e. The predicted octanol–water partition coefficient (Wildman–Crippen LogP) is 14.4. The van der Waals surface area contributed by atoms with Crippen LogP contribution in [0.5, 0.6) is 11.5 Å². The third-order valence-electron chi connectivity index (χ3n) is 8.24. The lowest BCUT2D eigenvalue weighted by atomic mass is 9.88. The molecule has 4 rings (SSSR count). The first kappa shape index (κ1) is 45.6. The fourth-order valence-corrected chi connectivity index (χ4v) is 5.08. The molecule has 0 amide bonds. The van der Waals surface area contributed by atoms with Crippen molar-refractivity contribution in [3.05, 3.63) is 129 Å². The van der Waals surface area contributed by atoms with Crippen molar-refractivity contribution in [2.24, 2.45) is 0 Å². The maximum absolute atomic E-state index is 14.8. The van der Waals surface area contributed by atoms with Crippen LogP contribution < -0.4 is 4.74 Å². The second-order valence-corrected chi connectivity index (χ2v) is 12.8. The Morgan fingerprint density at radius 2 is 0.439 bits per heavy atom. The first-order valence-corrected chi connectivity index (χ1v) is 15.6. The highest BCUT2D eigenvalue weighted by molar-refractivity contribution is 6.30. The second-order valence-electron chi connectivity index (χ2n) is 11.9. The molecule has 0 aliphatic carbocycles. The summed E-state index contributed by atoms with van der Waals surface area (Å²) in [5, 5.41) is -0.771. The molecule has 57 heavy (non-hydrogen) atoms. The summed E-state index contributed by atoms with van der Waals surface area (Å²) in [6, 6.07) is 2.35. The topological polar surface area (TPSA) is 9.23 Å². The lowest BCUT2D eigenvalue weighted by molar-refractivity contribution is -0.407. The molecule has 312 valence electrons. The van der Waals surface area contributed by atoms with Crippen LogP contribution in [0, 0.1) is 0 Å². The predicted molar refractivity (Wildman–Crippen MR) is 161 cm³/mol. The fraction of sp³-hybridized carbons (Fsp3) is 0.294. The van der Waals surface area contributed by atoms with Crippen LogP contribution >= 0.6 is 23.2 Å². The zero-order chi connectivity index (χ0) is 43.6. The van der Waals surface area contributed by atoms with Crippen LogP contribution in [0.1, 0.15) is 22.3 Å². The molecule has 0 spiro atoms. The number of rotatable bonds is 14. The van der Waals surface area contributed by atoms with E-state index in [1.165, 1.54) is 0 Å². The van der Waals surface area contributed by atoms with Crippen LogP contribution in [0.15, 0.2) is 97.1 Å². The quantitative estimate of drug-likeness (QED) is 0.115. The molecular formula is C34H16Cl2F20O. The van der Waals surface area contributed by atoms with E-state index < -0.39 is 93.0 Å². The molecule has 0 fully saturated rings. The summed E-state index contributed by atoms with van der Waals surface area (Å²) in [6.45, 7) is 0. The van der Waals surface area contributed by atoms with Crippen LogP contribution in [0.25, 0.3) is 0 Å². The lowest BCUT2D eigenvalue weighted by Gasteiger charge is -2.39. The Hall–Kier alpha value is -4.14. The highest BCUT2D eigenvalue weighted by Crippen LogP contribution is 2.63. The minimum Gasteiger partial charge on any atom is -0.457 e. The number of benzene rings is 4. The summed E-state index contributed by atoms with van der Waals surface area (Å²) >= 11 is 10.8. The number of hydrogen-bond donors (Lipinski definition) is 0. The molecule has 1 nitrogen and oxygen atoms in total. The van der Waals surface area contributed by atoms with Crippen LogP contribution in [0.3, 0.4) is 0 Å². The molecule has 0 radical (unpaired) electrons. The summed E-state index contributed by atoms with van der Waals surface area (Å²) in [6.07, 6.45) is 0. The number of alkyl halides is 20. The molecule has 0 aliphatic rings. The van der Waals surface area contributed by atoms with E-state index in [1.54, 1.807) is 0 Å². The van der Waals surface area contributed by atoms with E-state index in [0.717, 1.165) is 0 Å². The van der Waals surface area contributed by atoms with E-state index in [4.69, 9.17) is 27.9 Å². The molecule has 0 N–H and O–H groups in total. The van der Waals surface area contributed by atoms with Gasteiger partial charge in [0.2, 0.25) is 0 Å². The van der Waals surface area contributed by atoms with Crippen molar-refractivity contribution in [2.45, 2.75) is 59.2 Å². The van der Waals surface area contributed by atoms with Crippen LogP contribution in [-0.4, -0.2) is 35.5 Å². The first-order valence-electron chi connectivity index (χ1n) is 14.9. The molecule has 0 unspecified atom stereocenters. The van der Waals surface area contributed by atoms with Gasteiger partial charge in [-0.15, -0.1) is 0 Å². The summed E-state index contributed by atoms with van der Waals surface area (Å²) in [5.74, 6) is -70.6. The van der Waals surface area contributed by atoms with Gasteiger partial charge in [-0.2, -0.15) is 87.8 Å². The van der Waals surface area contributed by atoms with Crippen molar-refractivity contribution >= 4 is 23.2 Å². The standard InChI is InChI=1S/C34H16Cl2F20O/c35-21-9-1-17(2-10-21)25(37,38)29(45,46)33(53,54)31(49,50)27(41,42)19-5-13-23(14-6-19)57-24-15-7-20(8-16-24)28(43,44)32(51,52)34(55,56)30(47,48)26(39,40)18-3-11-22(36)12-4-18/h1-16H. The Kier molecular flexibility index (Phi) is 11.4. The van der Waals surface area contributed by atoms with Crippen LogP contribution in [0.2, 0.25) is 10.0 Å². The SMILES string of the molecule is FC(F)(c1ccc(Cl)cc1)C(F)(F)C(F)(F)C(F)(F)C(F)(F)c1ccc(Oc2ccc(C(F)(F)C(F)(F)C(F)(F)C(F)(F)C(F)(F)c3ccc(Cl)cc3)cc2)cc1. The molecule has 0 heterocycles. The van der Waals surface area contributed by atoms with Gasteiger partial charge in [-0.3, -0.25) is 0 Å². The second kappa shape index (κ2) is 14.3. The van der Waals surface area contributed by atoms with E-state index in [-0.39, 0.29) is 82.8 Å². The van der Waals surface area contributed by atoms with Crippen molar-refractivity contribution in [1.29, 1.82) is 0 Å². The molecule has 0 aliphatic heterocycles. The number of ether oxygens (including phenoxy) is 1. The van der Waals surface area contributed by atoms with E-state index in [9.17, 15) is 87.8 Å². The van der Waals surface area contributed by atoms with E-state index in [2.05, 4.69) is 0 Å². The molecule has 0 aromatic heterocycles. The van der Waals surface area contributed by atoms with Gasteiger partial charge in [0.1, 0.15) is 11.5 Å². The van der Waals surface area contributed by atoms with Gasteiger partial charge in [-0.1, -0.05) is 47.5 Å².